The van der Waals surface area contributed by atoms with Crippen LogP contribution in [0.1, 0.15) is 5.69 Å². The van der Waals surface area contributed by atoms with Crippen LogP contribution in [0.15, 0.2) is 61.1 Å². The molecular weight excluding hydrogens is 222 g/mol. The van der Waals surface area contributed by atoms with E-state index in [9.17, 15) is 0 Å². The van der Waals surface area contributed by atoms with Crippen LogP contribution in [0.3, 0.4) is 0 Å². The number of rotatable bonds is 2. The molecule has 1 aromatic carbocycles. The van der Waals surface area contributed by atoms with E-state index in [2.05, 4.69) is 28.3 Å². The molecule has 0 amide bonds. The molecule has 0 N–H and O–H groups in total. The Labute approximate surface area is 106 Å². The van der Waals surface area contributed by atoms with Gasteiger partial charge >= 0.3 is 0 Å². The molecule has 0 bridgehead atoms. The monoisotopic (exact) mass is 235 g/mol. The van der Waals surface area contributed by atoms with Crippen molar-refractivity contribution >= 4 is 0 Å². The molecule has 0 aliphatic heterocycles. The van der Waals surface area contributed by atoms with E-state index in [-0.39, 0.29) is 0 Å². The molecule has 0 unspecified atom stereocenters. The summed E-state index contributed by atoms with van der Waals surface area (Å²) in [6.07, 6.45) is 5.62. The molecule has 0 saturated heterocycles. The van der Waals surface area contributed by atoms with E-state index in [0.29, 0.717) is 0 Å². The molecule has 18 heavy (non-hydrogen) atoms. The number of aromatic nitrogens is 3. The fraction of sp³-hybridized carbons (Fsp3) is 0.0667. The van der Waals surface area contributed by atoms with Gasteiger partial charge in [-0.05, 0) is 36.8 Å². The Morgan fingerprint density at radius 2 is 1.89 bits per heavy atom. The Bertz CT molecular complexity index is 656. The van der Waals surface area contributed by atoms with Gasteiger partial charge in [0.15, 0.2) is 0 Å². The van der Waals surface area contributed by atoms with Gasteiger partial charge in [-0.2, -0.15) is 5.10 Å². The van der Waals surface area contributed by atoms with Gasteiger partial charge in [-0.15, -0.1) is 0 Å². The summed E-state index contributed by atoms with van der Waals surface area (Å²) in [7, 11) is 0. The molecule has 0 aliphatic rings. The maximum atomic E-state index is 4.42. The predicted octanol–water partition coefficient (Wildman–Crippen LogP) is 3.24. The van der Waals surface area contributed by atoms with Gasteiger partial charge in [0, 0.05) is 24.2 Å². The first-order chi connectivity index (χ1) is 8.83. The molecule has 0 aliphatic carbocycles. The molecule has 3 aromatic rings. The van der Waals surface area contributed by atoms with E-state index in [1.807, 2.05) is 48.3 Å². The van der Waals surface area contributed by atoms with Crippen LogP contribution in [0.25, 0.3) is 16.8 Å². The van der Waals surface area contributed by atoms with Gasteiger partial charge < -0.3 is 0 Å². The van der Waals surface area contributed by atoms with Crippen LogP contribution < -0.4 is 0 Å². The van der Waals surface area contributed by atoms with Crippen LogP contribution in [0.4, 0.5) is 0 Å². The second kappa shape index (κ2) is 4.45. The van der Waals surface area contributed by atoms with Crippen molar-refractivity contribution in [3.63, 3.8) is 0 Å². The van der Waals surface area contributed by atoms with E-state index in [1.54, 1.807) is 6.20 Å². The Balaban J connectivity index is 2.05. The molecule has 0 fully saturated rings. The lowest BCUT2D eigenvalue weighted by molar-refractivity contribution is 0.863. The van der Waals surface area contributed by atoms with Crippen LogP contribution in [0.5, 0.6) is 0 Å². The van der Waals surface area contributed by atoms with E-state index in [4.69, 9.17) is 0 Å². The first-order valence-corrected chi connectivity index (χ1v) is 5.86. The zero-order valence-corrected chi connectivity index (χ0v) is 10.1. The zero-order valence-electron chi connectivity index (χ0n) is 10.1. The summed E-state index contributed by atoms with van der Waals surface area (Å²) in [5, 5.41) is 4.42. The lowest BCUT2D eigenvalue weighted by atomic mass is 10.1. The maximum absolute atomic E-state index is 4.42. The molecule has 3 heteroatoms. The summed E-state index contributed by atoms with van der Waals surface area (Å²) in [4.78, 5) is 4.15. The Kier molecular flexibility index (Phi) is 2.65. The first-order valence-electron chi connectivity index (χ1n) is 5.86. The average molecular weight is 235 g/mol. The van der Waals surface area contributed by atoms with Gasteiger partial charge in [0.1, 0.15) is 0 Å². The molecule has 88 valence electrons. The summed E-state index contributed by atoms with van der Waals surface area (Å²) in [5.41, 5.74) is 4.34. The number of hydrogen-bond donors (Lipinski definition) is 0. The molecular formula is C15H13N3. The molecule has 0 radical (unpaired) electrons. The normalized spacial score (nSPS) is 10.5. The minimum Gasteiger partial charge on any atom is -0.264 e. The highest BCUT2D eigenvalue weighted by Gasteiger charge is 2.01. The third-order valence-corrected chi connectivity index (χ3v) is 2.83. The van der Waals surface area contributed by atoms with Crippen LogP contribution in [-0.2, 0) is 0 Å². The van der Waals surface area contributed by atoms with Gasteiger partial charge in [-0.3, -0.25) is 4.98 Å². The number of benzene rings is 1. The van der Waals surface area contributed by atoms with Crippen molar-refractivity contribution in [2.24, 2.45) is 0 Å². The fourth-order valence-corrected chi connectivity index (χ4v) is 1.92. The van der Waals surface area contributed by atoms with E-state index >= 15 is 0 Å². The van der Waals surface area contributed by atoms with Crippen molar-refractivity contribution < 1.29 is 0 Å². The molecule has 0 saturated carbocycles. The first kappa shape index (κ1) is 10.7. The highest BCUT2D eigenvalue weighted by Crippen LogP contribution is 2.20. The highest BCUT2D eigenvalue weighted by molar-refractivity contribution is 5.64. The smallest absolute Gasteiger partial charge is 0.0651 e. The van der Waals surface area contributed by atoms with Crippen molar-refractivity contribution in [1.82, 2.24) is 14.8 Å². The molecule has 3 rings (SSSR count). The van der Waals surface area contributed by atoms with E-state index < -0.39 is 0 Å². The van der Waals surface area contributed by atoms with Crippen molar-refractivity contribution in [3.8, 4) is 16.8 Å². The molecule has 2 heterocycles. The largest absolute Gasteiger partial charge is 0.264 e. The van der Waals surface area contributed by atoms with Crippen molar-refractivity contribution in [2.75, 3.05) is 0 Å². The Morgan fingerprint density at radius 3 is 2.61 bits per heavy atom. The topological polar surface area (TPSA) is 30.7 Å². The molecule has 3 nitrogen and oxygen atoms in total. The van der Waals surface area contributed by atoms with Crippen LogP contribution in [0, 0.1) is 6.92 Å². The summed E-state index contributed by atoms with van der Waals surface area (Å²) in [5.74, 6) is 0. The standard InChI is InChI=1S/C15H13N3/c1-12-7-9-18(17-12)15-6-2-4-13(10-15)14-5-3-8-16-11-14/h2-11H,1H3. The molecule has 2 aromatic heterocycles. The third-order valence-electron chi connectivity index (χ3n) is 2.83. The zero-order chi connectivity index (χ0) is 12.4. The maximum Gasteiger partial charge on any atom is 0.0651 e. The summed E-state index contributed by atoms with van der Waals surface area (Å²) < 4.78 is 1.88. The van der Waals surface area contributed by atoms with Crippen molar-refractivity contribution in [2.45, 2.75) is 6.92 Å². The van der Waals surface area contributed by atoms with Gasteiger partial charge in [-0.1, -0.05) is 18.2 Å². The van der Waals surface area contributed by atoms with Gasteiger partial charge in [0.05, 0.1) is 11.4 Å². The average Bonchev–Trinajstić information content (AvgIpc) is 2.87. The van der Waals surface area contributed by atoms with Gasteiger partial charge in [-0.25, -0.2) is 4.68 Å². The summed E-state index contributed by atoms with van der Waals surface area (Å²) in [6.45, 7) is 1.99. The van der Waals surface area contributed by atoms with Crippen LogP contribution >= 0.6 is 0 Å². The second-order valence-corrected chi connectivity index (χ2v) is 4.19. The quantitative estimate of drug-likeness (QED) is 0.682. The van der Waals surface area contributed by atoms with Gasteiger partial charge in [0.25, 0.3) is 0 Å². The highest BCUT2D eigenvalue weighted by atomic mass is 15.3. The lowest BCUT2D eigenvalue weighted by Gasteiger charge is -2.05. The minimum absolute atomic E-state index is 1.02. The minimum atomic E-state index is 1.02. The van der Waals surface area contributed by atoms with E-state index in [0.717, 1.165) is 22.5 Å². The van der Waals surface area contributed by atoms with Crippen molar-refractivity contribution in [1.29, 1.82) is 0 Å². The summed E-state index contributed by atoms with van der Waals surface area (Å²) in [6, 6.07) is 14.3. The second-order valence-electron chi connectivity index (χ2n) is 4.19. The van der Waals surface area contributed by atoms with Crippen molar-refractivity contribution in [3.05, 3.63) is 66.7 Å². The Morgan fingerprint density at radius 1 is 1.00 bits per heavy atom. The predicted molar refractivity (Wildman–Crippen MR) is 71.5 cm³/mol. The fourth-order valence-electron chi connectivity index (χ4n) is 1.92. The number of aryl methyl sites for hydroxylation is 1. The number of hydrogen-bond acceptors (Lipinski definition) is 2. The Hall–Kier alpha value is -2.42. The van der Waals surface area contributed by atoms with Gasteiger partial charge in [0.2, 0.25) is 0 Å². The SMILES string of the molecule is Cc1ccn(-c2cccc(-c3cccnc3)c2)n1. The molecule has 0 spiro atoms. The number of nitrogens with zero attached hydrogens (tertiary/aromatic N) is 3. The summed E-state index contributed by atoms with van der Waals surface area (Å²) >= 11 is 0. The molecule has 0 atom stereocenters. The third kappa shape index (κ3) is 2.02. The van der Waals surface area contributed by atoms with E-state index in [1.165, 1.54) is 0 Å². The van der Waals surface area contributed by atoms with Crippen LogP contribution in [-0.4, -0.2) is 14.8 Å². The van der Waals surface area contributed by atoms with Crippen LogP contribution in [0.2, 0.25) is 0 Å². The number of pyridine rings is 1. The lowest BCUT2D eigenvalue weighted by Crippen LogP contribution is -1.95.